The molecule has 2 aromatic carbocycles. The molecule has 0 aromatic heterocycles. The molecule has 5 heteroatoms. The topological polar surface area (TPSA) is 45.0 Å². The van der Waals surface area contributed by atoms with Gasteiger partial charge in [0.05, 0.1) is 18.4 Å². The standard InChI is InChI=1S/C15H12BrClN2O/c1-20-14-4-2-3-10(8-18)15(14)19-9-11-5-6-12(16)7-13(11)17/h2-7,19H,9H2,1H3. The number of nitrogens with one attached hydrogen (secondary N) is 1. The van der Waals surface area contributed by atoms with Crippen molar-refractivity contribution in [1.29, 1.82) is 5.26 Å². The van der Waals surface area contributed by atoms with E-state index in [0.29, 0.717) is 28.6 Å². The van der Waals surface area contributed by atoms with Gasteiger partial charge in [0.15, 0.2) is 0 Å². The van der Waals surface area contributed by atoms with Gasteiger partial charge in [0.2, 0.25) is 0 Å². The monoisotopic (exact) mass is 350 g/mol. The molecule has 0 fully saturated rings. The summed E-state index contributed by atoms with van der Waals surface area (Å²) in [6, 6.07) is 13.2. The number of benzene rings is 2. The lowest BCUT2D eigenvalue weighted by molar-refractivity contribution is 0.416. The van der Waals surface area contributed by atoms with E-state index < -0.39 is 0 Å². The molecule has 0 heterocycles. The Hall–Kier alpha value is -1.70. The van der Waals surface area contributed by atoms with Gasteiger partial charge in [-0.2, -0.15) is 5.26 Å². The summed E-state index contributed by atoms with van der Waals surface area (Å²) in [5.74, 6) is 0.636. The van der Waals surface area contributed by atoms with E-state index in [2.05, 4.69) is 27.3 Å². The van der Waals surface area contributed by atoms with Gasteiger partial charge in [0.25, 0.3) is 0 Å². The summed E-state index contributed by atoms with van der Waals surface area (Å²) >= 11 is 9.55. The summed E-state index contributed by atoms with van der Waals surface area (Å²) < 4.78 is 6.20. The number of rotatable bonds is 4. The second kappa shape index (κ2) is 6.65. The van der Waals surface area contributed by atoms with Gasteiger partial charge in [-0.25, -0.2) is 0 Å². The second-order valence-corrected chi connectivity index (χ2v) is 5.41. The zero-order chi connectivity index (χ0) is 14.5. The molecule has 102 valence electrons. The van der Waals surface area contributed by atoms with Crippen molar-refractivity contribution in [3.63, 3.8) is 0 Å². The molecular formula is C15H12BrClN2O. The number of nitriles is 1. The summed E-state index contributed by atoms with van der Waals surface area (Å²) in [6.45, 7) is 0.515. The molecule has 0 aliphatic carbocycles. The Labute approximate surface area is 131 Å². The predicted octanol–water partition coefficient (Wildman–Crippen LogP) is 4.59. The molecule has 1 N–H and O–H groups in total. The summed E-state index contributed by atoms with van der Waals surface area (Å²) in [6.07, 6.45) is 0. The van der Waals surface area contributed by atoms with Crippen LogP contribution in [0.5, 0.6) is 5.75 Å². The van der Waals surface area contributed by atoms with Crippen LogP contribution < -0.4 is 10.1 Å². The van der Waals surface area contributed by atoms with Crippen LogP contribution in [-0.2, 0) is 6.54 Å². The van der Waals surface area contributed by atoms with Crippen LogP contribution in [0.2, 0.25) is 5.02 Å². The van der Waals surface area contributed by atoms with Crippen LogP contribution >= 0.6 is 27.5 Å². The van der Waals surface area contributed by atoms with Gasteiger partial charge >= 0.3 is 0 Å². The minimum atomic E-state index is 0.515. The van der Waals surface area contributed by atoms with Crippen molar-refractivity contribution in [2.75, 3.05) is 12.4 Å². The molecule has 2 aromatic rings. The van der Waals surface area contributed by atoms with E-state index in [1.165, 1.54) is 0 Å². The summed E-state index contributed by atoms with van der Waals surface area (Å²) in [5.41, 5.74) is 2.17. The number of nitrogens with zero attached hydrogens (tertiary/aromatic N) is 1. The molecule has 0 spiro atoms. The number of ether oxygens (including phenoxy) is 1. The van der Waals surface area contributed by atoms with Crippen LogP contribution in [-0.4, -0.2) is 7.11 Å². The van der Waals surface area contributed by atoms with Crippen molar-refractivity contribution in [1.82, 2.24) is 0 Å². The van der Waals surface area contributed by atoms with Crippen LogP contribution in [0.25, 0.3) is 0 Å². The van der Waals surface area contributed by atoms with Crippen molar-refractivity contribution in [3.8, 4) is 11.8 Å². The molecular weight excluding hydrogens is 340 g/mol. The molecule has 20 heavy (non-hydrogen) atoms. The van der Waals surface area contributed by atoms with E-state index in [1.807, 2.05) is 24.3 Å². The van der Waals surface area contributed by atoms with Crippen LogP contribution in [0, 0.1) is 11.3 Å². The molecule has 3 nitrogen and oxygen atoms in total. The third-order valence-electron chi connectivity index (χ3n) is 2.84. The first-order valence-electron chi connectivity index (χ1n) is 5.90. The highest BCUT2D eigenvalue weighted by atomic mass is 79.9. The average molecular weight is 352 g/mol. The van der Waals surface area contributed by atoms with Crippen LogP contribution in [0.15, 0.2) is 40.9 Å². The third-order valence-corrected chi connectivity index (χ3v) is 3.68. The molecule has 0 bridgehead atoms. The molecule has 0 saturated heterocycles. The normalized spacial score (nSPS) is 9.90. The van der Waals surface area contributed by atoms with E-state index in [9.17, 15) is 0 Å². The summed E-state index contributed by atoms with van der Waals surface area (Å²) in [5, 5.41) is 13.0. The molecule has 0 aliphatic heterocycles. The Morgan fingerprint density at radius 2 is 2.15 bits per heavy atom. The highest BCUT2D eigenvalue weighted by molar-refractivity contribution is 9.10. The first-order chi connectivity index (χ1) is 9.65. The number of halogens is 2. The fourth-order valence-electron chi connectivity index (χ4n) is 1.83. The first-order valence-corrected chi connectivity index (χ1v) is 7.07. The minimum absolute atomic E-state index is 0.515. The summed E-state index contributed by atoms with van der Waals surface area (Å²) in [4.78, 5) is 0. The molecule has 0 unspecified atom stereocenters. The lowest BCUT2D eigenvalue weighted by Crippen LogP contribution is -2.04. The van der Waals surface area contributed by atoms with Crippen LogP contribution in [0.1, 0.15) is 11.1 Å². The maximum atomic E-state index is 9.15. The van der Waals surface area contributed by atoms with Gasteiger partial charge in [-0.3, -0.25) is 0 Å². The number of hydrogen-bond donors (Lipinski definition) is 1. The fourth-order valence-corrected chi connectivity index (χ4v) is 2.57. The lowest BCUT2D eigenvalue weighted by Gasteiger charge is -2.13. The van der Waals surface area contributed by atoms with Crippen molar-refractivity contribution in [2.45, 2.75) is 6.54 Å². The van der Waals surface area contributed by atoms with Crippen LogP contribution in [0.4, 0.5) is 5.69 Å². The molecule has 0 radical (unpaired) electrons. The lowest BCUT2D eigenvalue weighted by atomic mass is 10.1. The minimum Gasteiger partial charge on any atom is -0.495 e. The largest absolute Gasteiger partial charge is 0.495 e. The molecule has 0 saturated carbocycles. The Morgan fingerprint density at radius 1 is 1.35 bits per heavy atom. The van der Waals surface area contributed by atoms with E-state index in [-0.39, 0.29) is 0 Å². The number of hydrogen-bond acceptors (Lipinski definition) is 3. The van der Waals surface area contributed by atoms with E-state index in [0.717, 1.165) is 10.0 Å². The van der Waals surface area contributed by atoms with Crippen molar-refractivity contribution >= 4 is 33.2 Å². The molecule has 0 atom stereocenters. The fraction of sp³-hybridized carbons (Fsp3) is 0.133. The Bertz CT molecular complexity index is 667. The Kier molecular flexibility index (Phi) is 4.89. The van der Waals surface area contributed by atoms with Crippen LogP contribution in [0.3, 0.4) is 0 Å². The third kappa shape index (κ3) is 3.24. The number of anilines is 1. The van der Waals surface area contributed by atoms with Gasteiger partial charge < -0.3 is 10.1 Å². The van der Waals surface area contributed by atoms with Crippen molar-refractivity contribution < 1.29 is 4.74 Å². The zero-order valence-electron chi connectivity index (χ0n) is 10.8. The maximum absolute atomic E-state index is 9.15. The highest BCUT2D eigenvalue weighted by Crippen LogP contribution is 2.29. The SMILES string of the molecule is COc1cccc(C#N)c1NCc1ccc(Br)cc1Cl. The van der Waals surface area contributed by atoms with Crippen molar-refractivity contribution in [2.24, 2.45) is 0 Å². The number of para-hydroxylation sites is 1. The molecule has 0 aliphatic rings. The van der Waals surface area contributed by atoms with Gasteiger partial charge in [-0.05, 0) is 29.8 Å². The Balaban J connectivity index is 2.25. The highest BCUT2D eigenvalue weighted by Gasteiger charge is 2.09. The Morgan fingerprint density at radius 3 is 2.80 bits per heavy atom. The molecule has 0 amide bonds. The average Bonchev–Trinajstić information content (AvgIpc) is 2.46. The maximum Gasteiger partial charge on any atom is 0.143 e. The van der Waals surface area contributed by atoms with E-state index >= 15 is 0 Å². The first kappa shape index (κ1) is 14.7. The van der Waals surface area contributed by atoms with E-state index in [4.69, 9.17) is 21.6 Å². The quantitative estimate of drug-likeness (QED) is 0.876. The van der Waals surface area contributed by atoms with Gasteiger partial charge in [0, 0.05) is 16.0 Å². The second-order valence-electron chi connectivity index (χ2n) is 4.08. The zero-order valence-corrected chi connectivity index (χ0v) is 13.1. The molecule has 2 rings (SSSR count). The smallest absolute Gasteiger partial charge is 0.143 e. The summed E-state index contributed by atoms with van der Waals surface area (Å²) in [7, 11) is 1.58. The predicted molar refractivity (Wildman–Crippen MR) is 84.2 cm³/mol. The van der Waals surface area contributed by atoms with Gasteiger partial charge in [0.1, 0.15) is 11.8 Å². The number of methoxy groups -OCH3 is 1. The van der Waals surface area contributed by atoms with Crippen molar-refractivity contribution in [3.05, 3.63) is 57.0 Å². The van der Waals surface area contributed by atoms with Gasteiger partial charge in [-0.1, -0.05) is 39.7 Å². The van der Waals surface area contributed by atoms with E-state index in [1.54, 1.807) is 19.2 Å². The van der Waals surface area contributed by atoms with Gasteiger partial charge in [-0.15, -0.1) is 0 Å².